The number of para-hydroxylation sites is 1. The summed E-state index contributed by atoms with van der Waals surface area (Å²) in [7, 11) is 0. The highest BCUT2D eigenvalue weighted by molar-refractivity contribution is 5.92. The molecule has 5 nitrogen and oxygen atoms in total. The van der Waals surface area contributed by atoms with Crippen LogP contribution in [0.3, 0.4) is 0 Å². The summed E-state index contributed by atoms with van der Waals surface area (Å²) in [5.41, 5.74) is 0.458. The Morgan fingerprint density at radius 1 is 1.24 bits per heavy atom. The Morgan fingerprint density at radius 3 is 2.43 bits per heavy atom. The van der Waals surface area contributed by atoms with Crippen LogP contribution in [0.15, 0.2) is 24.3 Å². The first-order chi connectivity index (χ1) is 9.87. The lowest BCUT2D eigenvalue weighted by atomic mass is 9.71. The highest BCUT2D eigenvalue weighted by Gasteiger charge is 2.34. The molecule has 118 valence electrons. The first-order valence-corrected chi connectivity index (χ1v) is 7.06. The minimum atomic E-state index is -0.423. The van der Waals surface area contributed by atoms with Crippen LogP contribution in [0.25, 0.3) is 0 Å². The fourth-order valence-electron chi connectivity index (χ4n) is 3.21. The Balaban J connectivity index is 0.00000106. The Kier molecular flexibility index (Phi) is 6.18. The third-order valence-corrected chi connectivity index (χ3v) is 3.74. The smallest absolute Gasteiger partial charge is 0.342 e. The predicted octanol–water partition coefficient (Wildman–Crippen LogP) is 3.78. The minimum absolute atomic E-state index is 0.0179. The molecular formula is C16H24O5. The van der Waals surface area contributed by atoms with E-state index >= 15 is 0 Å². The van der Waals surface area contributed by atoms with E-state index in [1.807, 2.05) is 0 Å². The van der Waals surface area contributed by atoms with Crippen molar-refractivity contribution in [2.75, 3.05) is 0 Å². The van der Waals surface area contributed by atoms with Gasteiger partial charge in [-0.15, -0.1) is 0 Å². The van der Waals surface area contributed by atoms with E-state index in [0.29, 0.717) is 5.92 Å². The fraction of sp³-hybridized carbons (Fsp3) is 0.562. The number of phenols is 1. The van der Waals surface area contributed by atoms with Crippen molar-refractivity contribution in [3.63, 3.8) is 0 Å². The second-order valence-electron chi connectivity index (χ2n) is 6.46. The number of phenolic OH excluding ortho intramolecular Hbond substituents is 1. The van der Waals surface area contributed by atoms with E-state index in [1.165, 1.54) is 6.07 Å². The van der Waals surface area contributed by atoms with Crippen LogP contribution in [-0.4, -0.2) is 27.7 Å². The van der Waals surface area contributed by atoms with Gasteiger partial charge in [-0.1, -0.05) is 32.9 Å². The fourth-order valence-corrected chi connectivity index (χ4v) is 3.21. The van der Waals surface area contributed by atoms with Crippen LogP contribution < -0.4 is 0 Å². The summed E-state index contributed by atoms with van der Waals surface area (Å²) in [5, 5.41) is 21.7. The van der Waals surface area contributed by atoms with Gasteiger partial charge in [-0.2, -0.15) is 0 Å². The number of hydrogen-bond donors (Lipinski definition) is 3. The maximum absolute atomic E-state index is 12.1. The first-order valence-electron chi connectivity index (χ1n) is 7.06. The summed E-state index contributed by atoms with van der Waals surface area (Å²) >= 11 is 0. The SMILES string of the molecule is CC1CC(OC(=O)c2ccccc2O)CC(C)(C)C1.OO. The molecule has 0 saturated heterocycles. The third-order valence-electron chi connectivity index (χ3n) is 3.74. The monoisotopic (exact) mass is 296 g/mol. The molecule has 1 aliphatic carbocycles. The van der Waals surface area contributed by atoms with Gasteiger partial charge in [0.15, 0.2) is 0 Å². The lowest BCUT2D eigenvalue weighted by Gasteiger charge is -2.38. The predicted molar refractivity (Wildman–Crippen MR) is 79.4 cm³/mol. The molecule has 1 aromatic carbocycles. The lowest BCUT2D eigenvalue weighted by molar-refractivity contribution is -0.176. The van der Waals surface area contributed by atoms with Gasteiger partial charge < -0.3 is 9.84 Å². The largest absolute Gasteiger partial charge is 0.507 e. The Labute approximate surface area is 125 Å². The summed E-state index contributed by atoms with van der Waals surface area (Å²) in [5.74, 6) is 0.120. The van der Waals surface area contributed by atoms with Crippen LogP contribution in [0, 0.1) is 11.3 Å². The zero-order chi connectivity index (χ0) is 16.0. The van der Waals surface area contributed by atoms with E-state index in [0.717, 1.165) is 19.3 Å². The van der Waals surface area contributed by atoms with Gasteiger partial charge >= 0.3 is 5.97 Å². The molecule has 5 heteroatoms. The second kappa shape index (κ2) is 7.43. The molecule has 0 radical (unpaired) electrons. The molecule has 3 N–H and O–H groups in total. The Hall–Kier alpha value is -1.59. The number of aromatic hydroxyl groups is 1. The molecule has 0 amide bonds. The molecule has 0 heterocycles. The minimum Gasteiger partial charge on any atom is -0.507 e. The average Bonchev–Trinajstić information content (AvgIpc) is 2.39. The van der Waals surface area contributed by atoms with E-state index in [9.17, 15) is 9.90 Å². The van der Waals surface area contributed by atoms with Crippen molar-refractivity contribution in [2.24, 2.45) is 11.3 Å². The molecular weight excluding hydrogens is 272 g/mol. The van der Waals surface area contributed by atoms with Crippen molar-refractivity contribution in [3.05, 3.63) is 29.8 Å². The van der Waals surface area contributed by atoms with Gasteiger partial charge in [0.05, 0.1) is 0 Å². The molecule has 0 aliphatic heterocycles. The molecule has 1 aliphatic rings. The number of hydrogen-bond acceptors (Lipinski definition) is 5. The molecule has 0 spiro atoms. The van der Waals surface area contributed by atoms with Crippen molar-refractivity contribution in [1.82, 2.24) is 0 Å². The van der Waals surface area contributed by atoms with Crippen molar-refractivity contribution in [1.29, 1.82) is 0 Å². The maximum Gasteiger partial charge on any atom is 0.342 e. The lowest BCUT2D eigenvalue weighted by Crippen LogP contribution is -2.34. The molecule has 2 rings (SSSR count). The standard InChI is InChI=1S/C16H22O3.H2O2/c1-11-8-12(10-16(2,3)9-11)19-15(18)13-6-4-5-7-14(13)17;1-2/h4-7,11-12,17H,8-10H2,1-3H3;1-2H. The number of esters is 1. The summed E-state index contributed by atoms with van der Waals surface area (Å²) < 4.78 is 5.57. The zero-order valence-electron chi connectivity index (χ0n) is 12.7. The number of ether oxygens (including phenoxy) is 1. The van der Waals surface area contributed by atoms with E-state index in [-0.39, 0.29) is 22.8 Å². The van der Waals surface area contributed by atoms with Crippen LogP contribution >= 0.6 is 0 Å². The molecule has 0 bridgehead atoms. The van der Waals surface area contributed by atoms with Gasteiger partial charge in [0.25, 0.3) is 0 Å². The van der Waals surface area contributed by atoms with Crippen LogP contribution in [-0.2, 0) is 4.74 Å². The molecule has 2 unspecified atom stereocenters. The van der Waals surface area contributed by atoms with E-state index < -0.39 is 5.97 Å². The number of benzene rings is 1. The van der Waals surface area contributed by atoms with Crippen LogP contribution in [0.2, 0.25) is 0 Å². The summed E-state index contributed by atoms with van der Waals surface area (Å²) in [6, 6.07) is 6.51. The summed E-state index contributed by atoms with van der Waals surface area (Å²) in [6.45, 7) is 6.62. The van der Waals surface area contributed by atoms with Crippen LogP contribution in [0.1, 0.15) is 50.4 Å². The zero-order valence-corrected chi connectivity index (χ0v) is 12.7. The van der Waals surface area contributed by atoms with Gasteiger partial charge in [0, 0.05) is 0 Å². The third kappa shape index (κ3) is 5.02. The van der Waals surface area contributed by atoms with Crippen molar-refractivity contribution in [2.45, 2.75) is 46.1 Å². The number of carbonyl (C=O) groups is 1. The summed E-state index contributed by atoms with van der Waals surface area (Å²) in [6.07, 6.45) is 2.91. The van der Waals surface area contributed by atoms with Crippen LogP contribution in [0.4, 0.5) is 0 Å². The van der Waals surface area contributed by atoms with Crippen molar-refractivity contribution >= 4 is 5.97 Å². The Bertz CT molecular complexity index is 469. The number of carbonyl (C=O) groups excluding carboxylic acids is 1. The van der Waals surface area contributed by atoms with E-state index in [2.05, 4.69) is 20.8 Å². The summed E-state index contributed by atoms with van der Waals surface area (Å²) in [4.78, 5) is 12.1. The van der Waals surface area contributed by atoms with Gasteiger partial charge in [0.1, 0.15) is 17.4 Å². The van der Waals surface area contributed by atoms with Gasteiger partial charge in [0.2, 0.25) is 0 Å². The highest BCUT2D eigenvalue weighted by Crippen LogP contribution is 2.40. The molecule has 0 aromatic heterocycles. The Morgan fingerprint density at radius 2 is 1.86 bits per heavy atom. The van der Waals surface area contributed by atoms with Crippen molar-refractivity contribution < 1.29 is 25.2 Å². The van der Waals surface area contributed by atoms with Gasteiger partial charge in [-0.3, -0.25) is 10.5 Å². The molecule has 2 atom stereocenters. The molecule has 1 fully saturated rings. The maximum atomic E-state index is 12.1. The first kappa shape index (κ1) is 17.5. The molecule has 1 saturated carbocycles. The van der Waals surface area contributed by atoms with Crippen molar-refractivity contribution in [3.8, 4) is 5.75 Å². The van der Waals surface area contributed by atoms with Gasteiger partial charge in [-0.25, -0.2) is 4.79 Å². The highest BCUT2D eigenvalue weighted by atomic mass is 17.0. The molecule has 21 heavy (non-hydrogen) atoms. The normalized spacial score (nSPS) is 23.7. The average molecular weight is 296 g/mol. The molecule has 1 aromatic rings. The van der Waals surface area contributed by atoms with E-state index in [1.54, 1.807) is 18.2 Å². The van der Waals surface area contributed by atoms with Crippen LogP contribution in [0.5, 0.6) is 5.75 Å². The number of rotatable bonds is 2. The topological polar surface area (TPSA) is 87.0 Å². The van der Waals surface area contributed by atoms with Gasteiger partial charge in [-0.05, 0) is 42.7 Å². The van der Waals surface area contributed by atoms with E-state index in [4.69, 9.17) is 15.3 Å². The quantitative estimate of drug-likeness (QED) is 0.439. The second-order valence-corrected chi connectivity index (χ2v) is 6.46.